The molecule has 0 fully saturated rings. The lowest BCUT2D eigenvalue weighted by molar-refractivity contribution is 0.279. The van der Waals surface area contributed by atoms with Gasteiger partial charge in [0.1, 0.15) is 6.61 Å². The fraction of sp³-hybridized carbons (Fsp3) is 0.368. The molecule has 3 nitrogen and oxygen atoms in total. The van der Waals surface area contributed by atoms with E-state index in [1.54, 1.807) is 19.2 Å². The van der Waals surface area contributed by atoms with Crippen LogP contribution in [-0.4, -0.2) is 12.6 Å². The monoisotopic (exact) mass is 445 g/mol. The second kappa shape index (κ2) is 8.63. The lowest BCUT2D eigenvalue weighted by Gasteiger charge is -2.23. The summed E-state index contributed by atoms with van der Waals surface area (Å²) in [6, 6.07) is 9.21. The summed E-state index contributed by atoms with van der Waals surface area (Å²) in [5.74, 6) is 1.37. The van der Waals surface area contributed by atoms with Gasteiger partial charge in [-0.25, -0.2) is 0 Å². The van der Waals surface area contributed by atoms with Crippen LogP contribution in [0, 0.1) is 0 Å². The van der Waals surface area contributed by atoms with Crippen LogP contribution in [0.3, 0.4) is 0 Å². The van der Waals surface area contributed by atoms with Gasteiger partial charge in [0.25, 0.3) is 0 Å². The average molecular weight is 447 g/mol. The molecule has 0 atom stereocenters. The Kier molecular flexibility index (Phi) is 7.03. The van der Waals surface area contributed by atoms with E-state index in [1.165, 1.54) is 0 Å². The van der Waals surface area contributed by atoms with Crippen LogP contribution in [0.5, 0.6) is 11.5 Å². The van der Waals surface area contributed by atoms with Gasteiger partial charge in [-0.05, 0) is 45.0 Å². The highest BCUT2D eigenvalue weighted by Crippen LogP contribution is 2.37. The highest BCUT2D eigenvalue weighted by atomic mass is 79.9. The van der Waals surface area contributed by atoms with Crippen molar-refractivity contribution in [3.63, 3.8) is 0 Å². The van der Waals surface area contributed by atoms with E-state index in [0.717, 1.165) is 15.6 Å². The summed E-state index contributed by atoms with van der Waals surface area (Å²) >= 11 is 15.8. The number of ether oxygens (including phenoxy) is 2. The quantitative estimate of drug-likeness (QED) is 0.570. The standard InChI is InChI=1S/C19H22BrCl2NO2/c1-19(2,3)23-10-14-15(20)7-8-17(24-4)18(14)25-11-12-5-6-13(21)9-16(12)22/h5-9,23H,10-11H2,1-4H3. The van der Waals surface area contributed by atoms with Gasteiger partial charge >= 0.3 is 0 Å². The Labute approximate surface area is 167 Å². The molecule has 6 heteroatoms. The van der Waals surface area contributed by atoms with Gasteiger partial charge in [0, 0.05) is 37.7 Å². The smallest absolute Gasteiger partial charge is 0.167 e. The summed E-state index contributed by atoms with van der Waals surface area (Å²) < 4.78 is 12.5. The zero-order valence-corrected chi connectivity index (χ0v) is 17.8. The molecule has 0 bridgehead atoms. The Balaban J connectivity index is 2.29. The molecule has 0 saturated carbocycles. The molecule has 1 N–H and O–H groups in total. The first kappa shape index (κ1) is 20.4. The Morgan fingerprint density at radius 3 is 2.44 bits per heavy atom. The molecule has 0 radical (unpaired) electrons. The van der Waals surface area contributed by atoms with Gasteiger partial charge < -0.3 is 14.8 Å². The highest BCUT2D eigenvalue weighted by Gasteiger charge is 2.18. The van der Waals surface area contributed by atoms with Gasteiger partial charge in [-0.15, -0.1) is 0 Å². The molecule has 0 unspecified atom stereocenters. The fourth-order valence-electron chi connectivity index (χ4n) is 2.21. The number of rotatable bonds is 6. The summed E-state index contributed by atoms with van der Waals surface area (Å²) in [4.78, 5) is 0. The number of nitrogens with one attached hydrogen (secondary N) is 1. The van der Waals surface area contributed by atoms with Crippen LogP contribution < -0.4 is 14.8 Å². The van der Waals surface area contributed by atoms with E-state index in [4.69, 9.17) is 32.7 Å². The van der Waals surface area contributed by atoms with Crippen molar-refractivity contribution in [2.45, 2.75) is 39.5 Å². The van der Waals surface area contributed by atoms with Gasteiger partial charge in [-0.1, -0.05) is 45.2 Å². The molecule has 2 rings (SSSR count). The molecular weight excluding hydrogens is 425 g/mol. The molecule has 0 aromatic heterocycles. The Bertz CT molecular complexity index is 745. The van der Waals surface area contributed by atoms with Gasteiger partial charge in [0.15, 0.2) is 11.5 Å². The van der Waals surface area contributed by atoms with Crippen LogP contribution in [0.15, 0.2) is 34.8 Å². The van der Waals surface area contributed by atoms with Crippen LogP contribution in [0.1, 0.15) is 31.9 Å². The summed E-state index contributed by atoms with van der Waals surface area (Å²) in [6.07, 6.45) is 0. The second-order valence-corrected chi connectivity index (χ2v) is 8.38. The van der Waals surface area contributed by atoms with E-state index in [0.29, 0.717) is 34.7 Å². The second-order valence-electron chi connectivity index (χ2n) is 6.69. The van der Waals surface area contributed by atoms with Crippen LogP contribution in [-0.2, 0) is 13.2 Å². The first-order valence-electron chi connectivity index (χ1n) is 7.88. The molecule has 0 spiro atoms. The number of methoxy groups -OCH3 is 1. The third-order valence-electron chi connectivity index (χ3n) is 3.57. The van der Waals surface area contributed by atoms with Gasteiger partial charge in [0.2, 0.25) is 0 Å². The molecule has 136 valence electrons. The number of hydrogen-bond acceptors (Lipinski definition) is 3. The van der Waals surface area contributed by atoms with Gasteiger partial charge in [-0.2, -0.15) is 0 Å². The van der Waals surface area contributed by atoms with E-state index in [1.807, 2.05) is 18.2 Å². The maximum atomic E-state index is 6.24. The SMILES string of the molecule is COc1ccc(Br)c(CNC(C)(C)C)c1OCc1ccc(Cl)cc1Cl. The molecule has 0 amide bonds. The average Bonchev–Trinajstić information content (AvgIpc) is 2.52. The van der Waals surface area contributed by atoms with Gasteiger partial charge in [-0.3, -0.25) is 0 Å². The predicted octanol–water partition coefficient (Wildman–Crippen LogP) is 6.23. The van der Waals surface area contributed by atoms with Crippen molar-refractivity contribution < 1.29 is 9.47 Å². The Morgan fingerprint density at radius 1 is 1.12 bits per heavy atom. The molecule has 0 heterocycles. The number of benzene rings is 2. The van der Waals surface area contributed by atoms with Crippen molar-refractivity contribution >= 4 is 39.1 Å². The lowest BCUT2D eigenvalue weighted by atomic mass is 10.1. The first-order valence-corrected chi connectivity index (χ1v) is 9.43. The summed E-state index contributed by atoms with van der Waals surface area (Å²) in [5.41, 5.74) is 1.85. The maximum Gasteiger partial charge on any atom is 0.167 e. The zero-order valence-electron chi connectivity index (χ0n) is 14.8. The predicted molar refractivity (Wildman–Crippen MR) is 108 cm³/mol. The van der Waals surface area contributed by atoms with Crippen LogP contribution in [0.2, 0.25) is 10.0 Å². The normalized spacial score (nSPS) is 11.5. The van der Waals surface area contributed by atoms with E-state index in [2.05, 4.69) is 42.0 Å². The van der Waals surface area contributed by atoms with E-state index < -0.39 is 0 Å². The minimum atomic E-state index is -0.0146. The largest absolute Gasteiger partial charge is 0.493 e. The number of halogens is 3. The highest BCUT2D eigenvalue weighted by molar-refractivity contribution is 9.10. The molecular formula is C19H22BrCl2NO2. The van der Waals surface area contributed by atoms with Crippen molar-refractivity contribution in [2.75, 3.05) is 7.11 Å². The molecule has 2 aromatic carbocycles. The molecule has 2 aromatic rings. The fourth-order valence-corrected chi connectivity index (χ4v) is 3.12. The molecule has 0 aliphatic carbocycles. The summed E-state index contributed by atoms with van der Waals surface area (Å²) in [6.45, 7) is 7.33. The lowest BCUT2D eigenvalue weighted by Crippen LogP contribution is -2.35. The van der Waals surface area contributed by atoms with Crippen molar-refractivity contribution in [3.05, 3.63) is 56.0 Å². The van der Waals surface area contributed by atoms with E-state index in [9.17, 15) is 0 Å². The van der Waals surface area contributed by atoms with Crippen LogP contribution in [0.25, 0.3) is 0 Å². The van der Waals surface area contributed by atoms with Crippen molar-refractivity contribution in [2.24, 2.45) is 0 Å². The maximum absolute atomic E-state index is 6.24. The van der Waals surface area contributed by atoms with Crippen LogP contribution in [0.4, 0.5) is 0 Å². The molecule has 0 aliphatic rings. The molecule has 0 aliphatic heterocycles. The minimum Gasteiger partial charge on any atom is -0.493 e. The first-order chi connectivity index (χ1) is 11.7. The number of hydrogen-bond donors (Lipinski definition) is 1. The van der Waals surface area contributed by atoms with Crippen molar-refractivity contribution in [1.82, 2.24) is 5.32 Å². The van der Waals surface area contributed by atoms with Crippen LogP contribution >= 0.6 is 39.1 Å². The third kappa shape index (κ3) is 5.78. The Morgan fingerprint density at radius 2 is 1.84 bits per heavy atom. The Hall–Kier alpha value is -0.940. The molecule has 25 heavy (non-hydrogen) atoms. The summed E-state index contributed by atoms with van der Waals surface area (Å²) in [7, 11) is 1.63. The zero-order chi connectivity index (χ0) is 18.6. The summed E-state index contributed by atoms with van der Waals surface area (Å²) in [5, 5.41) is 4.66. The van der Waals surface area contributed by atoms with Crippen molar-refractivity contribution in [3.8, 4) is 11.5 Å². The molecule has 0 saturated heterocycles. The van der Waals surface area contributed by atoms with Gasteiger partial charge in [0.05, 0.1) is 7.11 Å². The topological polar surface area (TPSA) is 30.5 Å². The van der Waals surface area contributed by atoms with E-state index >= 15 is 0 Å². The van der Waals surface area contributed by atoms with Crippen molar-refractivity contribution in [1.29, 1.82) is 0 Å². The van der Waals surface area contributed by atoms with E-state index in [-0.39, 0.29) is 5.54 Å². The minimum absolute atomic E-state index is 0.0146. The third-order valence-corrected chi connectivity index (χ3v) is 4.90.